The zero-order valence-corrected chi connectivity index (χ0v) is 7.37. The maximum absolute atomic E-state index is 12.2. The first-order chi connectivity index (χ1) is 6.97. The number of hydrogen-bond donors (Lipinski definition) is 2. The highest BCUT2D eigenvalue weighted by atomic mass is 19.2. The second kappa shape index (κ2) is 6.11. The maximum atomic E-state index is 12.2. The fourth-order valence-electron chi connectivity index (χ4n) is 0.678. The van der Waals surface area contributed by atoms with Crippen LogP contribution < -0.4 is 11.1 Å². The van der Waals surface area contributed by atoms with E-state index in [0.29, 0.717) is 5.56 Å². The van der Waals surface area contributed by atoms with E-state index in [9.17, 15) is 4.48 Å². The molecular formula is C7H7FN4O3. The molecule has 0 fully saturated rings. The quantitative estimate of drug-likeness (QED) is 0.308. The van der Waals surface area contributed by atoms with E-state index in [1.54, 1.807) is 0 Å². The number of nitrogens with zero attached hydrogens (tertiary/aromatic N) is 3. The average molecular weight is 214 g/mol. The van der Waals surface area contributed by atoms with Crippen molar-refractivity contribution in [2.24, 2.45) is 5.84 Å². The third-order valence-electron chi connectivity index (χ3n) is 1.24. The van der Waals surface area contributed by atoms with Gasteiger partial charge in [-0.1, -0.05) is 4.48 Å². The van der Waals surface area contributed by atoms with Crippen LogP contribution in [0.1, 0.15) is 5.56 Å². The molecule has 7 nitrogen and oxygen atoms in total. The molecular weight excluding hydrogens is 207 g/mol. The normalized spacial score (nSPS) is 8.07. The zero-order chi connectivity index (χ0) is 11.8. The summed E-state index contributed by atoms with van der Waals surface area (Å²) in [7, 11) is 0. The van der Waals surface area contributed by atoms with Crippen molar-refractivity contribution < 1.29 is 14.8 Å². The minimum Gasteiger partial charge on any atom is -0.328 e. The number of hydrogen-bond acceptors (Lipinski definition) is 5. The lowest BCUT2D eigenvalue weighted by atomic mass is 10.2. The van der Waals surface area contributed by atoms with Crippen LogP contribution in [0.5, 0.6) is 0 Å². The van der Waals surface area contributed by atoms with Crippen LogP contribution in [0, 0.1) is 21.4 Å². The summed E-state index contributed by atoms with van der Waals surface area (Å²) in [5.74, 6) is 4.79. The monoisotopic (exact) mass is 214 g/mol. The van der Waals surface area contributed by atoms with E-state index >= 15 is 0 Å². The molecule has 0 atom stereocenters. The molecule has 0 amide bonds. The third-order valence-corrected chi connectivity index (χ3v) is 1.24. The molecule has 8 heteroatoms. The van der Waals surface area contributed by atoms with Crippen LogP contribution in [0.25, 0.3) is 0 Å². The second-order valence-corrected chi connectivity index (χ2v) is 2.21. The van der Waals surface area contributed by atoms with Crippen molar-refractivity contribution in [1.82, 2.24) is 0 Å². The number of anilines is 1. The Morgan fingerprint density at radius 3 is 2.20 bits per heavy atom. The predicted molar refractivity (Wildman–Crippen MR) is 47.7 cm³/mol. The van der Waals surface area contributed by atoms with Gasteiger partial charge < -0.3 is 5.21 Å². The number of nitrogens with two attached hydrogens (primary N) is 1. The molecule has 0 aliphatic rings. The minimum atomic E-state index is -1.50. The largest absolute Gasteiger partial charge is 0.328 e. The number of rotatable bonds is 1. The Morgan fingerprint density at radius 2 is 1.93 bits per heavy atom. The summed E-state index contributed by atoms with van der Waals surface area (Å²) in [6, 6.07) is 7.76. The summed E-state index contributed by atoms with van der Waals surface area (Å²) in [6.45, 7) is 0. The molecule has 3 N–H and O–H groups in total. The number of halogens is 1. The predicted octanol–water partition coefficient (Wildman–Crippen LogP) is 0.775. The molecule has 0 saturated heterocycles. The van der Waals surface area contributed by atoms with Crippen molar-refractivity contribution in [3.63, 3.8) is 0 Å². The number of nitriles is 1. The Morgan fingerprint density at radius 1 is 1.53 bits per heavy atom. The van der Waals surface area contributed by atoms with Crippen LogP contribution in [0.4, 0.5) is 10.2 Å². The van der Waals surface area contributed by atoms with Crippen molar-refractivity contribution >= 4 is 5.69 Å². The molecule has 0 aromatic heterocycles. The summed E-state index contributed by atoms with van der Waals surface area (Å²) < 4.78 is 12.2. The van der Waals surface area contributed by atoms with Crippen LogP contribution in [-0.4, -0.2) is 10.3 Å². The SMILES string of the molecule is N#Cc1ccc(N(N)F)cc1.O=[N+]([O-])O. The summed E-state index contributed by atoms with van der Waals surface area (Å²) in [6.07, 6.45) is 0. The van der Waals surface area contributed by atoms with E-state index in [4.69, 9.17) is 26.4 Å². The number of hydrazine groups is 1. The summed E-state index contributed by atoms with van der Waals surface area (Å²) >= 11 is 0. The van der Waals surface area contributed by atoms with Gasteiger partial charge in [-0.15, -0.1) is 15.3 Å². The Kier molecular flexibility index (Phi) is 5.14. The van der Waals surface area contributed by atoms with E-state index in [1.807, 2.05) is 6.07 Å². The third kappa shape index (κ3) is 5.78. The van der Waals surface area contributed by atoms with Crippen LogP contribution in [-0.2, 0) is 0 Å². The maximum Gasteiger partial charge on any atom is 0.291 e. The minimum absolute atomic E-state index is 0.00115. The lowest BCUT2D eigenvalue weighted by Gasteiger charge is -2.04. The molecule has 0 spiro atoms. The number of benzene rings is 1. The molecule has 0 unspecified atom stereocenters. The van der Waals surface area contributed by atoms with Crippen molar-refractivity contribution in [2.45, 2.75) is 0 Å². The second-order valence-electron chi connectivity index (χ2n) is 2.21. The van der Waals surface area contributed by atoms with Gasteiger partial charge in [0.05, 0.1) is 17.3 Å². The highest BCUT2D eigenvalue weighted by Gasteiger charge is 1.97. The van der Waals surface area contributed by atoms with Gasteiger partial charge in [0.1, 0.15) is 0 Å². The summed E-state index contributed by atoms with van der Waals surface area (Å²) in [4.78, 5) is 8.36. The molecule has 0 aliphatic carbocycles. The fourth-order valence-corrected chi connectivity index (χ4v) is 0.678. The highest BCUT2D eigenvalue weighted by Crippen LogP contribution is 2.11. The van der Waals surface area contributed by atoms with Gasteiger partial charge in [0, 0.05) is 0 Å². The first-order valence-electron chi connectivity index (χ1n) is 3.51. The van der Waals surface area contributed by atoms with Gasteiger partial charge in [-0.05, 0) is 24.3 Å². The molecule has 15 heavy (non-hydrogen) atoms. The first-order valence-corrected chi connectivity index (χ1v) is 3.51. The van der Waals surface area contributed by atoms with Gasteiger partial charge in [-0.3, -0.25) is 0 Å². The van der Waals surface area contributed by atoms with E-state index < -0.39 is 5.09 Å². The van der Waals surface area contributed by atoms with Gasteiger partial charge in [-0.2, -0.15) is 5.26 Å². The van der Waals surface area contributed by atoms with Gasteiger partial charge in [0.15, 0.2) is 0 Å². The van der Waals surface area contributed by atoms with Crippen LogP contribution >= 0.6 is 0 Å². The molecule has 0 aliphatic heterocycles. The zero-order valence-electron chi connectivity index (χ0n) is 7.37. The standard InChI is InChI=1S/C7H6FN3.HNO3/c8-11(10)7-3-1-6(5-9)2-4-7;2-1(3)4/h1-4H,10H2;(H,2,3,4). The molecule has 0 saturated carbocycles. The van der Waals surface area contributed by atoms with E-state index in [2.05, 4.69) is 0 Å². The molecule has 0 heterocycles. The Balaban J connectivity index is 0.000000423. The van der Waals surface area contributed by atoms with Gasteiger partial charge in [0.2, 0.25) is 0 Å². The summed E-state index contributed by atoms with van der Waals surface area (Å²) in [5, 5.41) is 22.0. The van der Waals surface area contributed by atoms with Crippen molar-refractivity contribution in [3.05, 3.63) is 39.9 Å². The lowest BCUT2D eigenvalue weighted by Crippen LogP contribution is -2.19. The Hall–Kier alpha value is -2.40. The van der Waals surface area contributed by atoms with Gasteiger partial charge >= 0.3 is 0 Å². The molecule has 80 valence electrons. The summed E-state index contributed by atoms with van der Waals surface area (Å²) in [5.41, 5.74) is 0.708. The highest BCUT2D eigenvalue weighted by molar-refractivity contribution is 5.46. The molecule has 0 radical (unpaired) electrons. The average Bonchev–Trinajstić information content (AvgIpc) is 2.17. The Bertz CT molecular complexity index is 355. The lowest BCUT2D eigenvalue weighted by molar-refractivity contribution is -0.742. The first kappa shape index (κ1) is 12.6. The van der Waals surface area contributed by atoms with Crippen molar-refractivity contribution in [2.75, 3.05) is 5.23 Å². The van der Waals surface area contributed by atoms with Crippen LogP contribution in [0.2, 0.25) is 0 Å². The Labute approximate surface area is 83.8 Å². The molecule has 1 rings (SSSR count). The molecule has 1 aromatic carbocycles. The molecule has 0 bridgehead atoms. The van der Waals surface area contributed by atoms with Crippen LogP contribution in [0.15, 0.2) is 24.3 Å². The van der Waals surface area contributed by atoms with Gasteiger partial charge in [0.25, 0.3) is 5.09 Å². The van der Waals surface area contributed by atoms with E-state index in [-0.39, 0.29) is 10.9 Å². The van der Waals surface area contributed by atoms with E-state index in [1.165, 1.54) is 24.3 Å². The molecule has 1 aromatic rings. The van der Waals surface area contributed by atoms with Crippen molar-refractivity contribution in [1.29, 1.82) is 5.26 Å². The van der Waals surface area contributed by atoms with Gasteiger partial charge in [-0.25, -0.2) is 5.84 Å². The van der Waals surface area contributed by atoms with E-state index in [0.717, 1.165) is 0 Å². The fraction of sp³-hybridized carbons (Fsp3) is 0. The van der Waals surface area contributed by atoms with Crippen molar-refractivity contribution in [3.8, 4) is 6.07 Å². The smallest absolute Gasteiger partial charge is 0.291 e. The topological polar surface area (TPSA) is 116 Å². The van der Waals surface area contributed by atoms with Crippen LogP contribution in [0.3, 0.4) is 0 Å².